The number of benzene rings is 1. The molecule has 0 aliphatic rings. The second-order valence-electron chi connectivity index (χ2n) is 5.24. The Hall–Kier alpha value is -2.12. The smallest absolute Gasteiger partial charge is 0.228 e. The Morgan fingerprint density at radius 1 is 1.24 bits per heavy atom. The first kappa shape index (κ1) is 19.2. The number of hydrogen-bond acceptors (Lipinski definition) is 5. The van der Waals surface area contributed by atoms with Crippen molar-refractivity contribution in [2.24, 2.45) is 4.99 Å². The third-order valence-electron chi connectivity index (χ3n) is 3.39. The number of nitrogens with zero attached hydrogens (tertiary/aromatic N) is 3. The van der Waals surface area contributed by atoms with E-state index in [1.165, 1.54) is 0 Å². The SMILES string of the molecule is CCOCCCNC(=NC)NCCc1nc(-c2ccc(Cl)cc2)no1. The number of nitrogens with one attached hydrogen (secondary N) is 2. The average Bonchev–Trinajstić information content (AvgIpc) is 3.09. The fourth-order valence-electron chi connectivity index (χ4n) is 2.11. The number of aromatic nitrogens is 2. The molecule has 1 aromatic carbocycles. The maximum atomic E-state index is 5.88. The zero-order valence-corrected chi connectivity index (χ0v) is 15.3. The van der Waals surface area contributed by atoms with Crippen LogP contribution in [0.2, 0.25) is 5.02 Å². The molecule has 0 radical (unpaired) electrons. The number of rotatable bonds is 9. The predicted molar refractivity (Wildman–Crippen MR) is 98.9 cm³/mol. The van der Waals surface area contributed by atoms with Crippen LogP contribution < -0.4 is 10.6 Å². The fraction of sp³-hybridized carbons (Fsp3) is 0.471. The van der Waals surface area contributed by atoms with Crippen molar-refractivity contribution in [1.29, 1.82) is 0 Å². The Morgan fingerprint density at radius 2 is 2.00 bits per heavy atom. The van der Waals surface area contributed by atoms with Gasteiger partial charge in [-0.2, -0.15) is 4.98 Å². The van der Waals surface area contributed by atoms with Crippen LogP contribution in [0.3, 0.4) is 0 Å². The highest BCUT2D eigenvalue weighted by Gasteiger charge is 2.08. The van der Waals surface area contributed by atoms with Gasteiger partial charge in [-0.25, -0.2) is 0 Å². The van der Waals surface area contributed by atoms with Gasteiger partial charge in [-0.05, 0) is 37.6 Å². The number of hydrogen-bond donors (Lipinski definition) is 2. The van der Waals surface area contributed by atoms with Crippen molar-refractivity contribution in [3.63, 3.8) is 0 Å². The lowest BCUT2D eigenvalue weighted by Gasteiger charge is -2.10. The van der Waals surface area contributed by atoms with Gasteiger partial charge < -0.3 is 19.9 Å². The van der Waals surface area contributed by atoms with Gasteiger partial charge in [-0.3, -0.25) is 4.99 Å². The van der Waals surface area contributed by atoms with Crippen molar-refractivity contribution in [1.82, 2.24) is 20.8 Å². The standard InChI is InChI=1S/C17H24ClN5O2/c1-3-24-12-4-10-20-17(19-2)21-11-9-15-22-16(23-25-15)13-5-7-14(18)8-6-13/h5-8H,3-4,9-12H2,1-2H3,(H2,19,20,21). The summed E-state index contributed by atoms with van der Waals surface area (Å²) in [5.74, 6) is 1.88. The molecule has 1 aromatic heterocycles. The number of guanidine groups is 1. The summed E-state index contributed by atoms with van der Waals surface area (Å²) >= 11 is 5.88. The molecule has 0 atom stereocenters. The highest BCUT2D eigenvalue weighted by Crippen LogP contribution is 2.18. The van der Waals surface area contributed by atoms with Crippen molar-refractivity contribution < 1.29 is 9.26 Å². The van der Waals surface area contributed by atoms with Gasteiger partial charge >= 0.3 is 0 Å². The van der Waals surface area contributed by atoms with Gasteiger partial charge in [-0.15, -0.1) is 0 Å². The van der Waals surface area contributed by atoms with Crippen LogP contribution in [0.1, 0.15) is 19.2 Å². The Bertz CT molecular complexity index is 657. The van der Waals surface area contributed by atoms with E-state index in [9.17, 15) is 0 Å². The number of aliphatic imine (C=N–C) groups is 1. The van der Waals surface area contributed by atoms with E-state index in [2.05, 4.69) is 25.8 Å². The van der Waals surface area contributed by atoms with Gasteiger partial charge in [0.15, 0.2) is 5.96 Å². The van der Waals surface area contributed by atoms with Gasteiger partial charge in [0.2, 0.25) is 11.7 Å². The van der Waals surface area contributed by atoms with Gasteiger partial charge in [-0.1, -0.05) is 16.8 Å². The second-order valence-corrected chi connectivity index (χ2v) is 5.68. The summed E-state index contributed by atoms with van der Waals surface area (Å²) in [6.45, 7) is 4.93. The molecule has 2 rings (SSSR count). The van der Waals surface area contributed by atoms with Crippen LogP contribution in [-0.4, -0.2) is 49.5 Å². The average molecular weight is 366 g/mol. The molecule has 2 aromatic rings. The monoisotopic (exact) mass is 365 g/mol. The van der Waals surface area contributed by atoms with Crippen LogP contribution in [-0.2, 0) is 11.2 Å². The molecule has 25 heavy (non-hydrogen) atoms. The third-order valence-corrected chi connectivity index (χ3v) is 3.64. The maximum absolute atomic E-state index is 5.88. The first-order valence-corrected chi connectivity index (χ1v) is 8.71. The molecule has 0 saturated carbocycles. The number of halogens is 1. The molecule has 7 nitrogen and oxygen atoms in total. The lowest BCUT2D eigenvalue weighted by molar-refractivity contribution is 0.145. The summed E-state index contributed by atoms with van der Waals surface area (Å²) in [5.41, 5.74) is 0.874. The summed E-state index contributed by atoms with van der Waals surface area (Å²) in [7, 11) is 1.74. The van der Waals surface area contributed by atoms with E-state index in [1.807, 2.05) is 19.1 Å². The first-order chi connectivity index (χ1) is 12.2. The van der Waals surface area contributed by atoms with Crippen molar-refractivity contribution in [3.05, 3.63) is 35.2 Å². The van der Waals surface area contributed by atoms with E-state index in [0.717, 1.165) is 37.7 Å². The minimum atomic E-state index is 0.560. The zero-order valence-electron chi connectivity index (χ0n) is 14.6. The Labute approximate surface area is 152 Å². The van der Waals surface area contributed by atoms with E-state index in [0.29, 0.717) is 29.7 Å². The van der Waals surface area contributed by atoms with Gasteiger partial charge in [0, 0.05) is 50.4 Å². The Kier molecular flexibility index (Phi) is 8.21. The summed E-state index contributed by atoms with van der Waals surface area (Å²) in [6, 6.07) is 7.33. The maximum Gasteiger partial charge on any atom is 0.228 e. The zero-order chi connectivity index (χ0) is 17.9. The Morgan fingerprint density at radius 3 is 2.72 bits per heavy atom. The van der Waals surface area contributed by atoms with Crippen LogP contribution in [0.15, 0.2) is 33.8 Å². The van der Waals surface area contributed by atoms with Crippen LogP contribution >= 0.6 is 11.6 Å². The topological polar surface area (TPSA) is 84.6 Å². The van der Waals surface area contributed by atoms with Gasteiger partial charge in [0.1, 0.15) is 0 Å². The lowest BCUT2D eigenvalue weighted by Crippen LogP contribution is -2.39. The summed E-state index contributed by atoms with van der Waals surface area (Å²) in [5, 5.41) is 11.1. The molecule has 1 heterocycles. The molecule has 2 N–H and O–H groups in total. The first-order valence-electron chi connectivity index (χ1n) is 8.33. The van der Waals surface area contributed by atoms with Gasteiger partial charge in [0.25, 0.3) is 0 Å². The van der Waals surface area contributed by atoms with Crippen molar-refractivity contribution in [3.8, 4) is 11.4 Å². The predicted octanol–water partition coefficient (Wildman–Crippen LogP) is 2.52. The second kappa shape index (κ2) is 10.7. The molecule has 0 aliphatic heterocycles. The van der Waals surface area contributed by atoms with Crippen molar-refractivity contribution in [2.45, 2.75) is 19.8 Å². The quantitative estimate of drug-likeness (QED) is 0.403. The van der Waals surface area contributed by atoms with E-state index in [4.69, 9.17) is 20.9 Å². The largest absolute Gasteiger partial charge is 0.382 e. The van der Waals surface area contributed by atoms with Crippen LogP contribution in [0.4, 0.5) is 0 Å². The molecule has 0 aliphatic carbocycles. The summed E-state index contributed by atoms with van der Waals surface area (Å²) in [4.78, 5) is 8.56. The molecule has 0 bridgehead atoms. The van der Waals surface area contributed by atoms with Crippen LogP contribution in [0.25, 0.3) is 11.4 Å². The van der Waals surface area contributed by atoms with E-state index in [-0.39, 0.29) is 0 Å². The fourth-order valence-corrected chi connectivity index (χ4v) is 2.23. The van der Waals surface area contributed by atoms with Crippen molar-refractivity contribution in [2.75, 3.05) is 33.4 Å². The molecule has 0 spiro atoms. The van der Waals surface area contributed by atoms with Crippen LogP contribution in [0, 0.1) is 0 Å². The molecule has 8 heteroatoms. The van der Waals surface area contributed by atoms with E-state index >= 15 is 0 Å². The minimum Gasteiger partial charge on any atom is -0.382 e. The van der Waals surface area contributed by atoms with Gasteiger partial charge in [0.05, 0.1) is 0 Å². The minimum absolute atomic E-state index is 0.560. The Balaban J connectivity index is 1.73. The highest BCUT2D eigenvalue weighted by atomic mass is 35.5. The molecular weight excluding hydrogens is 342 g/mol. The van der Waals surface area contributed by atoms with Crippen LogP contribution in [0.5, 0.6) is 0 Å². The normalized spacial score (nSPS) is 11.6. The highest BCUT2D eigenvalue weighted by molar-refractivity contribution is 6.30. The van der Waals surface area contributed by atoms with E-state index < -0.39 is 0 Å². The molecule has 136 valence electrons. The number of ether oxygens (including phenoxy) is 1. The summed E-state index contributed by atoms with van der Waals surface area (Å²) < 4.78 is 10.6. The molecule has 0 fully saturated rings. The third kappa shape index (κ3) is 6.72. The molecule has 0 saturated heterocycles. The summed E-state index contributed by atoms with van der Waals surface area (Å²) in [6.07, 6.45) is 1.54. The molecule has 0 amide bonds. The molecule has 0 unspecified atom stereocenters. The lowest BCUT2D eigenvalue weighted by atomic mass is 10.2. The molecular formula is C17H24ClN5O2. The van der Waals surface area contributed by atoms with Crippen molar-refractivity contribution >= 4 is 17.6 Å². The van der Waals surface area contributed by atoms with E-state index in [1.54, 1.807) is 19.2 Å².